The predicted molar refractivity (Wildman–Crippen MR) is 49.9 cm³/mol. The molecule has 6 heteroatoms. The summed E-state index contributed by atoms with van der Waals surface area (Å²) in [4.78, 5) is 37.4. The van der Waals surface area contributed by atoms with Crippen molar-refractivity contribution in [1.82, 2.24) is 4.90 Å². The van der Waals surface area contributed by atoms with Crippen molar-refractivity contribution in [2.45, 2.75) is 26.2 Å². The van der Waals surface area contributed by atoms with Crippen LogP contribution in [0.4, 0.5) is 0 Å². The molecule has 0 aromatic rings. The third-order valence-corrected chi connectivity index (χ3v) is 2.11. The van der Waals surface area contributed by atoms with Crippen LogP contribution in [-0.4, -0.2) is 39.5 Å². The van der Waals surface area contributed by atoms with Gasteiger partial charge in [0.25, 0.3) is 0 Å². The lowest BCUT2D eigenvalue weighted by Crippen LogP contribution is -2.46. The lowest BCUT2D eigenvalue weighted by atomic mass is 10.1. The van der Waals surface area contributed by atoms with Crippen LogP contribution in [0, 0.1) is 0 Å². The average Bonchev–Trinajstić information content (AvgIpc) is 2.17. The van der Waals surface area contributed by atoms with Crippen LogP contribution in [0.5, 0.6) is 0 Å². The third-order valence-electron chi connectivity index (χ3n) is 2.11. The maximum Gasteiger partial charge on any atom is 0.356 e. The van der Waals surface area contributed by atoms with E-state index in [-0.39, 0.29) is 24.5 Å². The molecule has 0 aromatic heterocycles. The van der Waals surface area contributed by atoms with Crippen LogP contribution in [0.3, 0.4) is 0 Å². The topological polar surface area (TPSA) is 90.8 Å². The van der Waals surface area contributed by atoms with Gasteiger partial charge in [-0.2, -0.15) is 4.79 Å². The first-order valence-corrected chi connectivity index (χ1v) is 4.61. The minimum atomic E-state index is -0.602. The van der Waals surface area contributed by atoms with E-state index < -0.39 is 11.8 Å². The summed E-state index contributed by atoms with van der Waals surface area (Å²) >= 11 is 0. The number of ketones is 1. The van der Waals surface area contributed by atoms with Gasteiger partial charge in [-0.25, -0.2) is 0 Å². The summed E-state index contributed by atoms with van der Waals surface area (Å²) in [5.41, 5.74) is 8.48. The fraction of sp³-hybridized carbons (Fsp3) is 0.556. The molecule has 1 aliphatic rings. The van der Waals surface area contributed by atoms with Gasteiger partial charge in [-0.1, -0.05) is 0 Å². The molecule has 6 nitrogen and oxygen atoms in total. The van der Waals surface area contributed by atoms with Gasteiger partial charge in [-0.3, -0.25) is 19.3 Å². The lowest BCUT2D eigenvalue weighted by Gasteiger charge is -2.21. The summed E-state index contributed by atoms with van der Waals surface area (Å²) in [7, 11) is 0. The Morgan fingerprint density at radius 1 is 1.53 bits per heavy atom. The summed E-state index contributed by atoms with van der Waals surface area (Å²) in [6, 6.07) is 0. The molecule has 15 heavy (non-hydrogen) atoms. The molecular formula is C9H11N3O3. The smallest absolute Gasteiger partial charge is 0.356 e. The minimum absolute atomic E-state index is 0.0295. The first-order chi connectivity index (χ1) is 7.06. The second-order valence-electron chi connectivity index (χ2n) is 3.38. The quantitative estimate of drug-likeness (QED) is 0.358. The van der Waals surface area contributed by atoms with Crippen LogP contribution in [-0.2, 0) is 14.4 Å². The number of piperidine rings is 1. The van der Waals surface area contributed by atoms with E-state index in [0.29, 0.717) is 12.8 Å². The molecule has 1 heterocycles. The van der Waals surface area contributed by atoms with Crippen molar-refractivity contribution >= 4 is 23.3 Å². The standard InChI is InChI=1S/C9H11N3O3/c1-6(13)5-8(14)12-4-2-3-7(11-10)9(12)15/h2-5H2,1H3. The Morgan fingerprint density at radius 2 is 2.20 bits per heavy atom. The molecule has 0 unspecified atom stereocenters. The average molecular weight is 209 g/mol. The van der Waals surface area contributed by atoms with E-state index in [1.165, 1.54) is 6.92 Å². The molecular weight excluding hydrogens is 198 g/mol. The minimum Gasteiger partial charge on any atom is -0.361 e. The summed E-state index contributed by atoms with van der Waals surface area (Å²) in [6.07, 6.45) is 0.637. The van der Waals surface area contributed by atoms with E-state index in [0.717, 1.165) is 4.90 Å². The number of carbonyl (C=O) groups excluding carboxylic acids is 3. The van der Waals surface area contributed by atoms with Gasteiger partial charge in [-0.15, -0.1) is 0 Å². The molecule has 1 saturated heterocycles. The third kappa shape index (κ3) is 2.57. The van der Waals surface area contributed by atoms with Gasteiger partial charge in [0, 0.05) is 6.54 Å². The van der Waals surface area contributed by atoms with Gasteiger partial charge in [-0.05, 0) is 13.3 Å². The van der Waals surface area contributed by atoms with E-state index in [1.807, 2.05) is 0 Å². The number of rotatable bonds is 2. The number of hydrogen-bond acceptors (Lipinski definition) is 3. The van der Waals surface area contributed by atoms with Crippen LogP contribution in [0.1, 0.15) is 26.2 Å². The summed E-state index contributed by atoms with van der Waals surface area (Å²) in [5.74, 6) is -1.43. The summed E-state index contributed by atoms with van der Waals surface area (Å²) in [5, 5.41) is 0. The number of likely N-dealkylation sites (tertiary alicyclic amines) is 1. The molecule has 0 spiro atoms. The number of nitrogens with zero attached hydrogens (tertiary/aromatic N) is 3. The van der Waals surface area contributed by atoms with Crippen LogP contribution < -0.4 is 0 Å². The van der Waals surface area contributed by atoms with Gasteiger partial charge in [0.05, 0.1) is 12.8 Å². The van der Waals surface area contributed by atoms with Gasteiger partial charge >= 0.3 is 11.6 Å². The molecule has 0 bridgehead atoms. The van der Waals surface area contributed by atoms with Gasteiger partial charge in [0.2, 0.25) is 5.91 Å². The van der Waals surface area contributed by atoms with Gasteiger partial charge in [0.15, 0.2) is 0 Å². The lowest BCUT2D eigenvalue weighted by molar-refractivity contribution is -0.145. The molecule has 0 radical (unpaired) electrons. The first kappa shape index (κ1) is 11.3. The van der Waals surface area contributed by atoms with Crippen LogP contribution in [0.25, 0.3) is 5.53 Å². The van der Waals surface area contributed by atoms with Crippen molar-refractivity contribution in [3.63, 3.8) is 0 Å². The zero-order valence-electron chi connectivity index (χ0n) is 8.39. The van der Waals surface area contributed by atoms with E-state index >= 15 is 0 Å². The number of imide groups is 1. The monoisotopic (exact) mass is 209 g/mol. The molecule has 0 aliphatic carbocycles. The maximum absolute atomic E-state index is 11.5. The second-order valence-corrected chi connectivity index (χ2v) is 3.38. The fourth-order valence-corrected chi connectivity index (χ4v) is 1.41. The van der Waals surface area contributed by atoms with Crippen molar-refractivity contribution in [3.8, 4) is 0 Å². The van der Waals surface area contributed by atoms with Crippen LogP contribution >= 0.6 is 0 Å². The van der Waals surface area contributed by atoms with Crippen molar-refractivity contribution in [2.75, 3.05) is 6.54 Å². The number of hydrogen-bond donors (Lipinski definition) is 0. The molecule has 1 rings (SSSR count). The number of carbonyl (C=O) groups is 3. The number of Topliss-reactive ketones (excluding diaryl/α,β-unsaturated/α-hetero) is 1. The number of amides is 2. The van der Waals surface area contributed by atoms with E-state index in [9.17, 15) is 14.4 Å². The largest absolute Gasteiger partial charge is 0.361 e. The summed E-state index contributed by atoms with van der Waals surface area (Å²) < 4.78 is 0. The highest BCUT2D eigenvalue weighted by Gasteiger charge is 2.34. The Labute approximate surface area is 86.5 Å². The van der Waals surface area contributed by atoms with Crippen LogP contribution in [0.2, 0.25) is 0 Å². The van der Waals surface area contributed by atoms with Crippen molar-refractivity contribution in [3.05, 3.63) is 5.53 Å². The van der Waals surface area contributed by atoms with Crippen molar-refractivity contribution in [1.29, 1.82) is 0 Å². The van der Waals surface area contributed by atoms with Crippen molar-refractivity contribution in [2.24, 2.45) is 0 Å². The predicted octanol–water partition coefficient (Wildman–Crippen LogP) is -0.215. The Bertz CT molecular complexity index is 369. The van der Waals surface area contributed by atoms with E-state index in [1.54, 1.807) is 0 Å². The SMILES string of the molecule is CC(=O)CC(=O)N1CCCC(=[N+]=[N-])C1=O. The zero-order chi connectivity index (χ0) is 11.4. The van der Waals surface area contributed by atoms with Crippen molar-refractivity contribution < 1.29 is 19.2 Å². The molecule has 0 N–H and O–H groups in total. The molecule has 0 saturated carbocycles. The Morgan fingerprint density at radius 3 is 2.73 bits per heavy atom. The fourth-order valence-electron chi connectivity index (χ4n) is 1.41. The molecule has 80 valence electrons. The Hall–Kier alpha value is -1.81. The zero-order valence-corrected chi connectivity index (χ0v) is 8.39. The highest BCUT2D eigenvalue weighted by atomic mass is 16.2. The van der Waals surface area contributed by atoms with E-state index in [4.69, 9.17) is 5.53 Å². The summed E-state index contributed by atoms with van der Waals surface area (Å²) in [6.45, 7) is 1.57. The van der Waals surface area contributed by atoms with E-state index in [2.05, 4.69) is 4.79 Å². The molecule has 0 aromatic carbocycles. The Balaban J connectivity index is 2.78. The normalized spacial score (nSPS) is 16.2. The maximum atomic E-state index is 11.5. The molecule has 2 amide bonds. The van der Waals surface area contributed by atoms with Gasteiger partial charge < -0.3 is 5.53 Å². The highest BCUT2D eigenvalue weighted by Crippen LogP contribution is 2.09. The molecule has 1 fully saturated rings. The highest BCUT2D eigenvalue weighted by molar-refractivity contribution is 6.39. The van der Waals surface area contributed by atoms with Crippen LogP contribution in [0.15, 0.2) is 0 Å². The Kier molecular flexibility index (Phi) is 3.46. The second kappa shape index (κ2) is 4.61. The molecule has 1 aliphatic heterocycles. The molecule has 0 atom stereocenters. The first-order valence-electron chi connectivity index (χ1n) is 4.61. The van der Waals surface area contributed by atoms with Gasteiger partial charge in [0.1, 0.15) is 5.78 Å².